The second-order valence-electron chi connectivity index (χ2n) is 10.4. The van der Waals surface area contributed by atoms with Gasteiger partial charge in [-0.1, -0.05) is 85.3 Å². The molecule has 4 rings (SSSR count). The van der Waals surface area contributed by atoms with E-state index in [1.807, 2.05) is 44.2 Å². The first-order valence-electron chi connectivity index (χ1n) is 14.3. The van der Waals surface area contributed by atoms with Gasteiger partial charge in [-0.3, -0.25) is 13.9 Å². The number of hydrogen-bond donors (Lipinski definition) is 1. The SMILES string of the molecule is CC[C@H](C)NC(=O)[C@@H](Cc1ccccc1)N(Cc1ccccc1F)C(=O)CN(c1ccc(Cl)cc1)S(=O)(=O)c1ccccc1. The molecule has 0 radical (unpaired) electrons. The van der Waals surface area contributed by atoms with Crippen molar-refractivity contribution >= 4 is 39.1 Å². The van der Waals surface area contributed by atoms with E-state index in [-0.39, 0.29) is 35.2 Å². The highest BCUT2D eigenvalue weighted by Crippen LogP contribution is 2.26. The monoisotopic (exact) mass is 635 g/mol. The zero-order valence-electron chi connectivity index (χ0n) is 24.6. The molecule has 0 heterocycles. The molecule has 2 atom stereocenters. The van der Waals surface area contributed by atoms with Crippen molar-refractivity contribution in [1.29, 1.82) is 0 Å². The molecule has 0 saturated carbocycles. The standard InChI is InChI=1S/C34H35ClFN3O4S/c1-3-25(2)37-34(41)32(22-26-12-6-4-7-13-26)38(23-27-14-10-11-17-31(27)36)33(40)24-39(29-20-18-28(35)19-21-29)44(42,43)30-15-8-5-9-16-30/h4-21,25,32H,3,22-24H2,1-2H3,(H,37,41)/t25-,32+/m0/s1. The highest BCUT2D eigenvalue weighted by molar-refractivity contribution is 7.92. The highest BCUT2D eigenvalue weighted by Gasteiger charge is 2.35. The van der Waals surface area contributed by atoms with Crippen LogP contribution in [0.1, 0.15) is 31.4 Å². The molecule has 44 heavy (non-hydrogen) atoms. The Bertz CT molecular complexity index is 1660. The van der Waals surface area contributed by atoms with Crippen LogP contribution in [0.5, 0.6) is 0 Å². The number of sulfonamides is 1. The Balaban J connectivity index is 1.80. The number of hydrogen-bond acceptors (Lipinski definition) is 4. The number of nitrogens with zero attached hydrogens (tertiary/aromatic N) is 2. The fourth-order valence-electron chi connectivity index (χ4n) is 4.66. The molecule has 0 aliphatic rings. The Morgan fingerprint density at radius 2 is 1.45 bits per heavy atom. The minimum absolute atomic E-state index is 0.0150. The van der Waals surface area contributed by atoms with Gasteiger partial charge in [0.1, 0.15) is 18.4 Å². The van der Waals surface area contributed by atoms with Gasteiger partial charge in [0.05, 0.1) is 10.6 Å². The first kappa shape index (κ1) is 32.7. The van der Waals surface area contributed by atoms with Crippen LogP contribution in [-0.2, 0) is 32.6 Å². The van der Waals surface area contributed by atoms with Gasteiger partial charge in [0, 0.05) is 29.6 Å². The van der Waals surface area contributed by atoms with E-state index in [1.54, 1.807) is 30.3 Å². The van der Waals surface area contributed by atoms with E-state index < -0.39 is 40.2 Å². The van der Waals surface area contributed by atoms with Crippen molar-refractivity contribution in [2.75, 3.05) is 10.8 Å². The quantitative estimate of drug-likeness (QED) is 0.189. The lowest BCUT2D eigenvalue weighted by Gasteiger charge is -2.34. The molecule has 2 amide bonds. The third-order valence-electron chi connectivity index (χ3n) is 7.30. The lowest BCUT2D eigenvalue weighted by atomic mass is 10.0. The molecule has 7 nitrogen and oxygen atoms in total. The fraction of sp³-hybridized carbons (Fsp3) is 0.235. The van der Waals surface area contributed by atoms with E-state index in [0.717, 1.165) is 9.87 Å². The van der Waals surface area contributed by atoms with Crippen LogP contribution in [0.2, 0.25) is 5.02 Å². The van der Waals surface area contributed by atoms with Crippen LogP contribution in [0, 0.1) is 5.82 Å². The van der Waals surface area contributed by atoms with Gasteiger partial charge >= 0.3 is 0 Å². The molecule has 0 fully saturated rings. The molecular formula is C34H35ClFN3O4S. The number of rotatable bonds is 13. The predicted molar refractivity (Wildman–Crippen MR) is 171 cm³/mol. The molecule has 0 aromatic heterocycles. The van der Waals surface area contributed by atoms with Gasteiger partial charge in [-0.2, -0.15) is 0 Å². The average Bonchev–Trinajstić information content (AvgIpc) is 3.03. The number of anilines is 1. The molecule has 1 N–H and O–H groups in total. The lowest BCUT2D eigenvalue weighted by molar-refractivity contribution is -0.140. The second-order valence-corrected chi connectivity index (χ2v) is 12.7. The van der Waals surface area contributed by atoms with Crippen LogP contribution in [0.3, 0.4) is 0 Å². The Morgan fingerprint density at radius 3 is 2.07 bits per heavy atom. The predicted octanol–water partition coefficient (Wildman–Crippen LogP) is 6.23. The van der Waals surface area contributed by atoms with Crippen molar-refractivity contribution in [2.45, 2.75) is 50.2 Å². The van der Waals surface area contributed by atoms with Crippen molar-refractivity contribution in [3.63, 3.8) is 0 Å². The van der Waals surface area contributed by atoms with Gasteiger partial charge < -0.3 is 10.2 Å². The smallest absolute Gasteiger partial charge is 0.264 e. The summed E-state index contributed by atoms with van der Waals surface area (Å²) in [5.74, 6) is -1.64. The first-order chi connectivity index (χ1) is 21.1. The normalized spacial score (nSPS) is 12.6. The molecule has 4 aromatic carbocycles. The molecule has 0 saturated heterocycles. The van der Waals surface area contributed by atoms with Crippen LogP contribution in [-0.4, -0.2) is 43.8 Å². The molecule has 0 spiro atoms. The van der Waals surface area contributed by atoms with Crippen LogP contribution >= 0.6 is 11.6 Å². The summed E-state index contributed by atoms with van der Waals surface area (Å²) < 4.78 is 43.9. The van der Waals surface area contributed by atoms with E-state index >= 15 is 0 Å². The topological polar surface area (TPSA) is 86.8 Å². The summed E-state index contributed by atoms with van der Waals surface area (Å²) in [5.41, 5.74) is 1.19. The number of nitrogens with one attached hydrogen (secondary N) is 1. The Kier molecular flexibility index (Phi) is 11.1. The lowest BCUT2D eigenvalue weighted by Crippen LogP contribution is -2.54. The summed E-state index contributed by atoms with van der Waals surface area (Å²) in [4.78, 5) is 29.4. The Hall–Kier alpha value is -4.21. The van der Waals surface area contributed by atoms with E-state index in [1.165, 1.54) is 53.4 Å². The average molecular weight is 636 g/mol. The highest BCUT2D eigenvalue weighted by atomic mass is 35.5. The second kappa shape index (κ2) is 15.0. The van der Waals surface area contributed by atoms with Gasteiger partial charge in [-0.25, -0.2) is 12.8 Å². The molecule has 0 aliphatic heterocycles. The summed E-state index contributed by atoms with van der Waals surface area (Å²) in [5, 5.41) is 3.35. The summed E-state index contributed by atoms with van der Waals surface area (Å²) in [7, 11) is -4.24. The van der Waals surface area contributed by atoms with Crippen molar-refractivity contribution in [3.8, 4) is 0 Å². The largest absolute Gasteiger partial charge is 0.352 e. The van der Waals surface area contributed by atoms with Gasteiger partial charge in [0.15, 0.2) is 0 Å². The fourth-order valence-corrected chi connectivity index (χ4v) is 6.22. The van der Waals surface area contributed by atoms with Gasteiger partial charge in [0.2, 0.25) is 11.8 Å². The third kappa shape index (κ3) is 8.24. The minimum Gasteiger partial charge on any atom is -0.352 e. The zero-order chi connectivity index (χ0) is 31.7. The van der Waals surface area contributed by atoms with E-state index in [0.29, 0.717) is 11.4 Å². The summed E-state index contributed by atoms with van der Waals surface area (Å²) in [6.45, 7) is 2.89. The number of amides is 2. The van der Waals surface area contributed by atoms with Crippen molar-refractivity contribution in [1.82, 2.24) is 10.2 Å². The van der Waals surface area contributed by atoms with Gasteiger partial charge in [-0.15, -0.1) is 0 Å². The summed E-state index contributed by atoms with van der Waals surface area (Å²) in [6, 6.07) is 27.8. The molecule has 0 aliphatic carbocycles. The molecule has 0 bridgehead atoms. The van der Waals surface area contributed by atoms with Crippen molar-refractivity contribution in [2.24, 2.45) is 0 Å². The van der Waals surface area contributed by atoms with Gasteiger partial charge in [-0.05, 0) is 61.4 Å². The maximum absolute atomic E-state index is 15.0. The number of carbonyl (C=O) groups excluding carboxylic acids is 2. The van der Waals surface area contributed by atoms with Gasteiger partial charge in [0.25, 0.3) is 10.0 Å². The summed E-state index contributed by atoms with van der Waals surface area (Å²) in [6.07, 6.45) is 0.792. The van der Waals surface area contributed by atoms with Crippen LogP contribution in [0.15, 0.2) is 114 Å². The minimum atomic E-state index is -4.24. The van der Waals surface area contributed by atoms with E-state index in [9.17, 15) is 22.4 Å². The Labute approximate surface area is 263 Å². The maximum Gasteiger partial charge on any atom is 0.264 e. The summed E-state index contributed by atoms with van der Waals surface area (Å²) >= 11 is 6.09. The number of carbonyl (C=O) groups is 2. The van der Waals surface area contributed by atoms with E-state index in [4.69, 9.17) is 11.6 Å². The third-order valence-corrected chi connectivity index (χ3v) is 9.34. The van der Waals surface area contributed by atoms with Crippen LogP contribution < -0.4 is 9.62 Å². The van der Waals surface area contributed by atoms with Crippen LogP contribution in [0.4, 0.5) is 10.1 Å². The van der Waals surface area contributed by atoms with E-state index in [2.05, 4.69) is 5.32 Å². The molecule has 230 valence electrons. The number of halogens is 2. The molecule has 0 unspecified atom stereocenters. The van der Waals surface area contributed by atoms with Crippen LogP contribution in [0.25, 0.3) is 0 Å². The van der Waals surface area contributed by atoms with Crippen molar-refractivity contribution < 1.29 is 22.4 Å². The van der Waals surface area contributed by atoms with Crippen molar-refractivity contribution in [3.05, 3.63) is 131 Å². The maximum atomic E-state index is 15.0. The molecule has 4 aromatic rings. The Morgan fingerprint density at radius 1 is 0.864 bits per heavy atom. The molecular weight excluding hydrogens is 601 g/mol. The number of benzene rings is 4. The zero-order valence-corrected chi connectivity index (χ0v) is 26.1. The molecule has 10 heteroatoms. The first-order valence-corrected chi connectivity index (χ1v) is 16.1.